The van der Waals surface area contributed by atoms with Crippen molar-refractivity contribution in [1.82, 2.24) is 0 Å². The van der Waals surface area contributed by atoms with Gasteiger partial charge in [-0.2, -0.15) is 0 Å². The molecule has 0 saturated heterocycles. The minimum absolute atomic E-state index is 0.200. The molecule has 0 radical (unpaired) electrons. The highest BCUT2D eigenvalue weighted by Crippen LogP contribution is 2.39. The van der Waals surface area contributed by atoms with E-state index in [-0.39, 0.29) is 10.9 Å². The number of anilines is 1. The zero-order valence-electron chi connectivity index (χ0n) is 15.4. The first kappa shape index (κ1) is 18.2. The second-order valence-electron chi connectivity index (χ2n) is 7.45. The number of halogens is 1. The summed E-state index contributed by atoms with van der Waals surface area (Å²) in [4.78, 5) is 0. The summed E-state index contributed by atoms with van der Waals surface area (Å²) in [6, 6.07) is 24.7. The van der Waals surface area contributed by atoms with Crippen LogP contribution in [0.25, 0.3) is 0 Å². The Morgan fingerprint density at radius 2 is 1.31 bits per heavy atom. The molecule has 0 heterocycles. The second kappa shape index (κ2) is 6.96. The second-order valence-corrected chi connectivity index (χ2v) is 11.7. The van der Waals surface area contributed by atoms with E-state index in [1.807, 2.05) is 36.4 Å². The Bertz CT molecular complexity index is 836. The molecule has 3 rings (SSSR count). The fourth-order valence-electron chi connectivity index (χ4n) is 3.41. The third-order valence-corrected chi connectivity index (χ3v) is 9.59. The summed E-state index contributed by atoms with van der Waals surface area (Å²) in [5.74, 6) is 0.0476. The van der Waals surface area contributed by atoms with E-state index in [2.05, 4.69) is 45.0 Å². The molecule has 26 heavy (non-hydrogen) atoms. The molecule has 134 valence electrons. The van der Waals surface area contributed by atoms with Crippen molar-refractivity contribution in [3.8, 4) is 5.75 Å². The molecule has 0 fully saturated rings. The van der Waals surface area contributed by atoms with Gasteiger partial charge >= 0.3 is 8.32 Å². The summed E-state index contributed by atoms with van der Waals surface area (Å²) in [6.45, 7) is 6.53. The van der Waals surface area contributed by atoms with Gasteiger partial charge < -0.3 is 10.2 Å². The first-order chi connectivity index (χ1) is 12.3. The van der Waals surface area contributed by atoms with Crippen molar-refractivity contribution in [2.24, 2.45) is 0 Å². The van der Waals surface area contributed by atoms with E-state index in [0.29, 0.717) is 11.4 Å². The molecule has 0 amide bonds. The molecule has 3 aromatic rings. The monoisotopic (exact) mass is 365 g/mol. The van der Waals surface area contributed by atoms with Gasteiger partial charge in [0, 0.05) is 6.07 Å². The molecule has 0 atom stereocenters. The van der Waals surface area contributed by atoms with Crippen LogP contribution in [-0.2, 0) is 0 Å². The SMILES string of the molecule is CC(C)(C)[Si](Oc1cc(F)ccc1N)(c1ccccc1)c1ccccc1. The van der Waals surface area contributed by atoms with Crippen LogP contribution in [0.2, 0.25) is 5.04 Å². The van der Waals surface area contributed by atoms with Crippen molar-refractivity contribution in [3.63, 3.8) is 0 Å². The molecule has 0 saturated carbocycles. The van der Waals surface area contributed by atoms with Crippen molar-refractivity contribution in [1.29, 1.82) is 0 Å². The summed E-state index contributed by atoms with van der Waals surface area (Å²) in [7, 11) is -2.79. The molecule has 0 aliphatic carbocycles. The van der Waals surface area contributed by atoms with E-state index in [0.717, 1.165) is 10.4 Å². The average Bonchev–Trinajstić information content (AvgIpc) is 2.63. The predicted molar refractivity (Wildman–Crippen MR) is 109 cm³/mol. The van der Waals surface area contributed by atoms with Crippen molar-refractivity contribution < 1.29 is 8.82 Å². The van der Waals surface area contributed by atoms with Crippen molar-refractivity contribution >= 4 is 24.4 Å². The van der Waals surface area contributed by atoms with Gasteiger partial charge in [-0.05, 0) is 27.5 Å². The van der Waals surface area contributed by atoms with Gasteiger partial charge in [-0.1, -0.05) is 81.4 Å². The van der Waals surface area contributed by atoms with E-state index in [4.69, 9.17) is 10.2 Å². The van der Waals surface area contributed by atoms with Crippen LogP contribution >= 0.6 is 0 Å². The van der Waals surface area contributed by atoms with Gasteiger partial charge in [0.25, 0.3) is 0 Å². The van der Waals surface area contributed by atoms with Crippen LogP contribution in [0, 0.1) is 5.82 Å². The van der Waals surface area contributed by atoms with Crippen LogP contribution < -0.4 is 20.5 Å². The molecule has 2 N–H and O–H groups in total. The molecule has 0 bridgehead atoms. The van der Waals surface area contributed by atoms with Crippen LogP contribution in [0.4, 0.5) is 10.1 Å². The van der Waals surface area contributed by atoms with Gasteiger partial charge in [-0.25, -0.2) is 4.39 Å². The Kier molecular flexibility index (Phi) is 4.87. The summed E-state index contributed by atoms with van der Waals surface area (Å²) in [5.41, 5.74) is 6.57. The largest absolute Gasteiger partial charge is 0.533 e. The fourth-order valence-corrected chi connectivity index (χ4v) is 7.85. The van der Waals surface area contributed by atoms with Gasteiger partial charge in [0.1, 0.15) is 11.6 Å². The van der Waals surface area contributed by atoms with Crippen LogP contribution in [0.3, 0.4) is 0 Å². The smallest absolute Gasteiger partial charge is 0.320 e. The van der Waals surface area contributed by atoms with Gasteiger partial charge in [0.15, 0.2) is 0 Å². The van der Waals surface area contributed by atoms with E-state index in [1.54, 1.807) is 6.07 Å². The lowest BCUT2D eigenvalue weighted by molar-refractivity contribution is 0.504. The van der Waals surface area contributed by atoms with Gasteiger partial charge in [0.05, 0.1) is 5.69 Å². The molecule has 3 aromatic carbocycles. The zero-order chi connectivity index (χ0) is 18.8. The summed E-state index contributed by atoms with van der Waals surface area (Å²) >= 11 is 0. The summed E-state index contributed by atoms with van der Waals surface area (Å²) in [5, 5.41) is 2.05. The Balaban J connectivity index is 2.29. The highest BCUT2D eigenvalue weighted by Gasteiger charge is 2.52. The van der Waals surface area contributed by atoms with Gasteiger partial charge in [0.2, 0.25) is 0 Å². The van der Waals surface area contributed by atoms with Crippen LogP contribution in [0.1, 0.15) is 20.8 Å². The van der Waals surface area contributed by atoms with E-state index in [9.17, 15) is 4.39 Å². The Labute approximate surface area is 155 Å². The van der Waals surface area contributed by atoms with E-state index < -0.39 is 8.32 Å². The lowest BCUT2D eigenvalue weighted by Crippen LogP contribution is -2.68. The minimum atomic E-state index is -2.79. The standard InChI is InChI=1S/C22H24FNOSi/c1-22(2,3)26(18-10-6-4-7-11-18,19-12-8-5-9-13-19)25-21-16-17(23)14-15-20(21)24/h4-16H,24H2,1-3H3. The quantitative estimate of drug-likeness (QED) is 0.551. The Hall–Kier alpha value is -2.59. The number of benzene rings is 3. The number of rotatable bonds is 4. The molecular weight excluding hydrogens is 341 g/mol. The summed E-state index contributed by atoms with van der Waals surface area (Å²) in [6.07, 6.45) is 0. The predicted octanol–water partition coefficient (Wildman–Crippen LogP) is 4.35. The Morgan fingerprint density at radius 3 is 1.77 bits per heavy atom. The zero-order valence-corrected chi connectivity index (χ0v) is 16.4. The molecule has 0 spiro atoms. The molecule has 4 heteroatoms. The lowest BCUT2D eigenvalue weighted by atomic mass is 10.2. The van der Waals surface area contributed by atoms with Crippen molar-refractivity contribution in [2.45, 2.75) is 25.8 Å². The third-order valence-electron chi connectivity index (χ3n) is 4.66. The highest BCUT2D eigenvalue weighted by molar-refractivity contribution is 7.00. The third kappa shape index (κ3) is 3.25. The number of nitrogen functional groups attached to an aromatic ring is 1. The topological polar surface area (TPSA) is 35.2 Å². The van der Waals surface area contributed by atoms with Crippen LogP contribution in [0.15, 0.2) is 78.9 Å². The average molecular weight is 366 g/mol. The van der Waals surface area contributed by atoms with Gasteiger partial charge in [-0.15, -0.1) is 0 Å². The molecule has 2 nitrogen and oxygen atoms in total. The lowest BCUT2D eigenvalue weighted by Gasteiger charge is -2.43. The maximum Gasteiger partial charge on any atom is 0.320 e. The molecule has 0 aliphatic heterocycles. The van der Waals surface area contributed by atoms with E-state index >= 15 is 0 Å². The van der Waals surface area contributed by atoms with Crippen LogP contribution in [0.5, 0.6) is 5.75 Å². The number of nitrogens with two attached hydrogens (primary N) is 1. The minimum Gasteiger partial charge on any atom is -0.533 e. The number of hydrogen-bond donors (Lipinski definition) is 1. The van der Waals surface area contributed by atoms with E-state index in [1.165, 1.54) is 12.1 Å². The van der Waals surface area contributed by atoms with Crippen molar-refractivity contribution in [2.75, 3.05) is 5.73 Å². The Morgan fingerprint density at radius 1 is 0.808 bits per heavy atom. The highest BCUT2D eigenvalue weighted by atomic mass is 28.4. The maximum absolute atomic E-state index is 13.9. The maximum atomic E-state index is 13.9. The first-order valence-corrected chi connectivity index (χ1v) is 10.6. The van der Waals surface area contributed by atoms with Crippen LogP contribution in [-0.4, -0.2) is 8.32 Å². The molecular formula is C22H24FNOSi. The normalized spacial score (nSPS) is 12.0. The first-order valence-electron chi connectivity index (χ1n) is 8.70. The molecule has 0 aromatic heterocycles. The molecule has 0 aliphatic rings. The fraction of sp³-hybridized carbons (Fsp3) is 0.182. The summed E-state index contributed by atoms with van der Waals surface area (Å²) < 4.78 is 20.6. The van der Waals surface area contributed by atoms with Gasteiger partial charge in [-0.3, -0.25) is 0 Å². The molecule has 0 unspecified atom stereocenters. The van der Waals surface area contributed by atoms with Crippen molar-refractivity contribution in [3.05, 3.63) is 84.7 Å². The number of hydrogen-bond acceptors (Lipinski definition) is 2.